The second-order valence-electron chi connectivity index (χ2n) is 3.56. The number of nitrogens with one attached hydrogen (secondary N) is 1. The first kappa shape index (κ1) is 11.3. The van der Waals surface area contributed by atoms with Crippen molar-refractivity contribution in [1.29, 1.82) is 0 Å². The molecule has 0 aliphatic carbocycles. The van der Waals surface area contributed by atoms with Crippen LogP contribution in [0.25, 0.3) is 0 Å². The van der Waals surface area contributed by atoms with Crippen LogP contribution >= 0.6 is 15.9 Å². The van der Waals surface area contributed by atoms with E-state index in [9.17, 15) is 4.79 Å². The Labute approximate surface area is 102 Å². The molecule has 1 aromatic rings. The van der Waals surface area contributed by atoms with Gasteiger partial charge in [-0.15, -0.1) is 0 Å². The molecule has 1 atom stereocenters. The molecule has 0 saturated carbocycles. The molecule has 16 heavy (non-hydrogen) atoms. The minimum atomic E-state index is -0.107. The van der Waals surface area contributed by atoms with Crippen LogP contribution in [0.15, 0.2) is 18.2 Å². The summed E-state index contributed by atoms with van der Waals surface area (Å²) < 4.78 is 10.4. The predicted octanol–water partition coefficient (Wildman–Crippen LogP) is 1.93. The number of rotatable bonds is 3. The number of amides is 1. The van der Waals surface area contributed by atoms with Crippen LogP contribution in [0.3, 0.4) is 0 Å². The van der Waals surface area contributed by atoms with Gasteiger partial charge in [-0.3, -0.25) is 4.79 Å². The average Bonchev–Trinajstić information content (AvgIpc) is 2.72. The van der Waals surface area contributed by atoms with Gasteiger partial charge in [-0.25, -0.2) is 0 Å². The molecular formula is C11H12BrNO3. The average molecular weight is 286 g/mol. The van der Waals surface area contributed by atoms with Gasteiger partial charge in [0, 0.05) is 16.9 Å². The summed E-state index contributed by atoms with van der Waals surface area (Å²) in [6.07, 6.45) is 0. The number of ether oxygens (including phenoxy) is 2. The van der Waals surface area contributed by atoms with Crippen LogP contribution < -0.4 is 14.8 Å². The smallest absolute Gasteiger partial charge is 0.251 e. The van der Waals surface area contributed by atoms with Crippen molar-refractivity contribution in [2.24, 2.45) is 0 Å². The van der Waals surface area contributed by atoms with E-state index < -0.39 is 0 Å². The van der Waals surface area contributed by atoms with E-state index in [1.54, 1.807) is 18.2 Å². The van der Waals surface area contributed by atoms with Gasteiger partial charge < -0.3 is 14.8 Å². The van der Waals surface area contributed by atoms with Gasteiger partial charge in [0.1, 0.15) is 0 Å². The van der Waals surface area contributed by atoms with Crippen LogP contribution in [-0.4, -0.2) is 24.1 Å². The quantitative estimate of drug-likeness (QED) is 0.864. The molecule has 5 heteroatoms. The van der Waals surface area contributed by atoms with Crippen molar-refractivity contribution in [3.8, 4) is 11.5 Å². The van der Waals surface area contributed by atoms with Crippen LogP contribution in [0, 0.1) is 0 Å². The van der Waals surface area contributed by atoms with E-state index in [2.05, 4.69) is 21.2 Å². The largest absolute Gasteiger partial charge is 0.454 e. The number of carbonyl (C=O) groups is 1. The Morgan fingerprint density at radius 1 is 1.50 bits per heavy atom. The molecule has 1 N–H and O–H groups in total. The zero-order valence-corrected chi connectivity index (χ0v) is 10.4. The van der Waals surface area contributed by atoms with E-state index in [1.807, 2.05) is 6.92 Å². The van der Waals surface area contributed by atoms with Gasteiger partial charge in [0.15, 0.2) is 11.5 Å². The third-order valence-corrected chi connectivity index (χ3v) is 2.50. The molecule has 2 rings (SSSR count). The van der Waals surface area contributed by atoms with E-state index in [-0.39, 0.29) is 17.5 Å². The van der Waals surface area contributed by atoms with Gasteiger partial charge in [-0.2, -0.15) is 0 Å². The Hall–Kier alpha value is -1.23. The second-order valence-corrected chi connectivity index (χ2v) is 5.12. The van der Waals surface area contributed by atoms with Crippen molar-refractivity contribution >= 4 is 21.8 Å². The Morgan fingerprint density at radius 3 is 3.00 bits per heavy atom. The topological polar surface area (TPSA) is 47.6 Å². The van der Waals surface area contributed by atoms with Gasteiger partial charge in [-0.05, 0) is 18.2 Å². The first-order chi connectivity index (χ1) is 7.66. The summed E-state index contributed by atoms with van der Waals surface area (Å²) in [5.74, 6) is 1.20. The van der Waals surface area contributed by atoms with Crippen molar-refractivity contribution in [2.75, 3.05) is 13.3 Å². The Morgan fingerprint density at radius 2 is 2.25 bits per heavy atom. The highest BCUT2D eigenvalue weighted by Crippen LogP contribution is 2.32. The molecular weight excluding hydrogens is 274 g/mol. The number of hydrogen-bond donors (Lipinski definition) is 1. The van der Waals surface area contributed by atoms with E-state index in [0.717, 1.165) is 0 Å². The number of benzene rings is 1. The molecule has 1 aliphatic rings. The molecule has 1 heterocycles. The summed E-state index contributed by atoms with van der Waals surface area (Å²) in [6.45, 7) is 2.78. The number of hydrogen-bond acceptors (Lipinski definition) is 3. The lowest BCUT2D eigenvalue weighted by atomic mass is 10.2. The highest BCUT2D eigenvalue weighted by molar-refractivity contribution is 9.09. The van der Waals surface area contributed by atoms with E-state index in [0.29, 0.717) is 23.6 Å². The molecule has 0 saturated heterocycles. The van der Waals surface area contributed by atoms with Crippen molar-refractivity contribution in [3.63, 3.8) is 0 Å². The van der Waals surface area contributed by atoms with Crippen molar-refractivity contribution in [2.45, 2.75) is 11.8 Å². The molecule has 0 bridgehead atoms. The molecule has 0 spiro atoms. The van der Waals surface area contributed by atoms with Gasteiger partial charge in [0.25, 0.3) is 5.91 Å². The fourth-order valence-electron chi connectivity index (χ4n) is 1.37. The summed E-state index contributed by atoms with van der Waals surface area (Å²) in [7, 11) is 0. The fraction of sp³-hybridized carbons (Fsp3) is 0.364. The van der Waals surface area contributed by atoms with Gasteiger partial charge in [-0.1, -0.05) is 22.9 Å². The first-order valence-electron chi connectivity index (χ1n) is 4.99. The fourth-order valence-corrected chi connectivity index (χ4v) is 1.54. The molecule has 86 valence electrons. The van der Waals surface area contributed by atoms with Crippen molar-refractivity contribution in [1.82, 2.24) is 5.32 Å². The van der Waals surface area contributed by atoms with Crippen LogP contribution in [0.1, 0.15) is 17.3 Å². The number of alkyl halides is 1. The van der Waals surface area contributed by atoms with Gasteiger partial charge in [0.2, 0.25) is 6.79 Å². The normalized spacial score (nSPS) is 14.6. The van der Waals surface area contributed by atoms with E-state index in [4.69, 9.17) is 9.47 Å². The Kier molecular flexibility index (Phi) is 3.33. The SMILES string of the molecule is CC(Br)CNC(=O)c1ccc2c(c1)OCO2. The first-order valence-corrected chi connectivity index (χ1v) is 5.90. The number of fused-ring (bicyclic) bond motifs is 1. The van der Waals surface area contributed by atoms with E-state index in [1.165, 1.54) is 0 Å². The standard InChI is InChI=1S/C11H12BrNO3/c1-7(12)5-13-11(14)8-2-3-9-10(4-8)16-6-15-9/h2-4,7H,5-6H2,1H3,(H,13,14). The van der Waals surface area contributed by atoms with Crippen molar-refractivity contribution < 1.29 is 14.3 Å². The third-order valence-electron chi connectivity index (χ3n) is 2.18. The summed E-state index contributed by atoms with van der Waals surface area (Å²) in [6, 6.07) is 5.16. The minimum Gasteiger partial charge on any atom is -0.454 e. The Bertz CT molecular complexity index is 406. The minimum absolute atomic E-state index is 0.107. The molecule has 0 aromatic heterocycles. The zero-order valence-electron chi connectivity index (χ0n) is 8.83. The van der Waals surface area contributed by atoms with Crippen LogP contribution in [0.4, 0.5) is 0 Å². The highest BCUT2D eigenvalue weighted by atomic mass is 79.9. The maximum Gasteiger partial charge on any atom is 0.251 e. The highest BCUT2D eigenvalue weighted by Gasteiger charge is 2.16. The monoisotopic (exact) mass is 285 g/mol. The molecule has 0 fully saturated rings. The van der Waals surface area contributed by atoms with Crippen LogP contribution in [0.5, 0.6) is 11.5 Å². The van der Waals surface area contributed by atoms with E-state index >= 15 is 0 Å². The molecule has 0 radical (unpaired) electrons. The van der Waals surface area contributed by atoms with Gasteiger partial charge in [0.05, 0.1) is 0 Å². The molecule has 1 aromatic carbocycles. The van der Waals surface area contributed by atoms with Crippen LogP contribution in [0.2, 0.25) is 0 Å². The lowest BCUT2D eigenvalue weighted by Gasteiger charge is -2.07. The summed E-state index contributed by atoms with van der Waals surface area (Å²) in [4.78, 5) is 12.0. The second kappa shape index (κ2) is 4.74. The maximum atomic E-state index is 11.7. The number of halogens is 1. The molecule has 1 amide bonds. The molecule has 1 unspecified atom stereocenters. The lowest BCUT2D eigenvalue weighted by molar-refractivity contribution is 0.0954. The Balaban J connectivity index is 2.06. The van der Waals surface area contributed by atoms with Crippen molar-refractivity contribution in [3.05, 3.63) is 23.8 Å². The zero-order chi connectivity index (χ0) is 11.5. The summed E-state index contributed by atoms with van der Waals surface area (Å²) in [5, 5.41) is 2.81. The third kappa shape index (κ3) is 2.47. The summed E-state index contributed by atoms with van der Waals surface area (Å²) >= 11 is 3.37. The molecule has 1 aliphatic heterocycles. The number of carbonyl (C=O) groups excluding carboxylic acids is 1. The maximum absolute atomic E-state index is 11.7. The van der Waals surface area contributed by atoms with Gasteiger partial charge >= 0.3 is 0 Å². The molecule has 4 nitrogen and oxygen atoms in total. The summed E-state index contributed by atoms with van der Waals surface area (Å²) in [5.41, 5.74) is 0.581. The van der Waals surface area contributed by atoms with Crippen LogP contribution in [-0.2, 0) is 0 Å². The predicted molar refractivity (Wildman–Crippen MR) is 63.3 cm³/mol. The lowest BCUT2D eigenvalue weighted by Crippen LogP contribution is -2.28.